The lowest BCUT2D eigenvalue weighted by atomic mass is 10.1. The van der Waals surface area contributed by atoms with Crippen LogP contribution in [0.2, 0.25) is 0 Å². The van der Waals surface area contributed by atoms with Gasteiger partial charge in [0.15, 0.2) is 0 Å². The molecule has 1 aliphatic rings. The highest BCUT2D eigenvalue weighted by Crippen LogP contribution is 2.21. The number of carbonyl (C=O) groups is 2. The average molecular weight is 427 g/mol. The van der Waals surface area contributed by atoms with Gasteiger partial charge in [0.05, 0.1) is 5.69 Å². The summed E-state index contributed by atoms with van der Waals surface area (Å²) in [7, 11) is 0. The van der Waals surface area contributed by atoms with E-state index in [0.29, 0.717) is 30.9 Å². The summed E-state index contributed by atoms with van der Waals surface area (Å²) in [4.78, 5) is 32.0. The number of nitrogens with zero attached hydrogens (tertiary/aromatic N) is 4. The fraction of sp³-hybridized carbons (Fsp3) is 0.231. The zero-order valence-electron chi connectivity index (χ0n) is 18.1. The summed E-state index contributed by atoms with van der Waals surface area (Å²) < 4.78 is 0. The minimum atomic E-state index is -0.165. The van der Waals surface area contributed by atoms with E-state index in [2.05, 4.69) is 41.3 Å². The second-order valence-electron chi connectivity index (χ2n) is 7.78. The minimum absolute atomic E-state index is 0.110. The Kier molecular flexibility index (Phi) is 6.70. The first-order chi connectivity index (χ1) is 15.6. The maximum Gasteiger partial charge on any atom is 0.270 e. The van der Waals surface area contributed by atoms with Crippen LogP contribution in [-0.2, 0) is 29.1 Å². The Morgan fingerprint density at radius 3 is 2.31 bits per heavy atom. The largest absolute Gasteiger partial charge is 0.329 e. The molecule has 0 bridgehead atoms. The lowest BCUT2D eigenvalue weighted by molar-refractivity contribution is -0.125. The van der Waals surface area contributed by atoms with Crippen molar-refractivity contribution in [3.8, 4) is 0 Å². The molecule has 0 radical (unpaired) electrons. The van der Waals surface area contributed by atoms with Gasteiger partial charge in [-0.05, 0) is 41.3 Å². The first-order valence-corrected chi connectivity index (χ1v) is 10.9. The normalized spacial score (nSPS) is 13.6. The highest BCUT2D eigenvalue weighted by atomic mass is 16.2. The number of aromatic nitrogens is 1. The third kappa shape index (κ3) is 5.09. The van der Waals surface area contributed by atoms with Crippen molar-refractivity contribution in [2.24, 2.45) is 5.10 Å². The molecule has 0 unspecified atom stereocenters. The number of rotatable bonds is 7. The van der Waals surface area contributed by atoms with Crippen molar-refractivity contribution >= 4 is 23.2 Å². The molecule has 0 fully saturated rings. The average Bonchev–Trinajstić information content (AvgIpc) is 2.85. The lowest BCUT2D eigenvalue weighted by Gasteiger charge is -2.27. The molecule has 0 atom stereocenters. The predicted octanol–water partition coefficient (Wildman–Crippen LogP) is 4.36. The Morgan fingerprint density at radius 2 is 1.62 bits per heavy atom. The van der Waals surface area contributed by atoms with Crippen molar-refractivity contribution in [3.05, 3.63) is 95.8 Å². The molecule has 0 N–H and O–H groups in total. The van der Waals surface area contributed by atoms with Gasteiger partial charge in [0.25, 0.3) is 5.91 Å². The third-order valence-corrected chi connectivity index (χ3v) is 5.47. The van der Waals surface area contributed by atoms with Crippen molar-refractivity contribution in [1.29, 1.82) is 0 Å². The molecule has 6 nitrogen and oxygen atoms in total. The molecule has 4 rings (SSSR count). The highest BCUT2D eigenvalue weighted by molar-refractivity contribution is 6.40. The number of hydrogen-bond acceptors (Lipinski definition) is 4. The molecule has 2 heterocycles. The molecular formula is C26H26N4O2. The first-order valence-electron chi connectivity index (χ1n) is 10.9. The van der Waals surface area contributed by atoms with Crippen molar-refractivity contribution in [3.63, 3.8) is 0 Å². The summed E-state index contributed by atoms with van der Waals surface area (Å²) in [6.07, 6.45) is 5.04. The molecule has 2 aromatic carbocycles. The molecule has 0 saturated carbocycles. The summed E-state index contributed by atoms with van der Waals surface area (Å²) >= 11 is 0. The van der Waals surface area contributed by atoms with E-state index in [0.717, 1.165) is 17.5 Å². The Morgan fingerprint density at radius 1 is 0.906 bits per heavy atom. The molecule has 1 aromatic heterocycles. The van der Waals surface area contributed by atoms with Gasteiger partial charge in [-0.1, -0.05) is 55.5 Å². The quantitative estimate of drug-likeness (QED) is 0.564. The number of para-hydroxylation sites is 1. The Hall–Kier alpha value is -3.80. The molecular weight excluding hydrogens is 400 g/mol. The van der Waals surface area contributed by atoms with Crippen molar-refractivity contribution in [2.75, 3.05) is 5.01 Å². The van der Waals surface area contributed by atoms with Gasteiger partial charge in [0, 0.05) is 38.3 Å². The van der Waals surface area contributed by atoms with Gasteiger partial charge < -0.3 is 4.90 Å². The molecule has 0 aliphatic carbocycles. The summed E-state index contributed by atoms with van der Waals surface area (Å²) in [6.45, 7) is 2.99. The molecule has 2 amide bonds. The van der Waals surface area contributed by atoms with E-state index in [1.54, 1.807) is 17.3 Å². The van der Waals surface area contributed by atoms with E-state index in [9.17, 15) is 9.59 Å². The number of benzene rings is 2. The molecule has 0 saturated heterocycles. The maximum atomic E-state index is 13.6. The van der Waals surface area contributed by atoms with E-state index >= 15 is 0 Å². The van der Waals surface area contributed by atoms with Crippen LogP contribution in [0.15, 0.2) is 84.2 Å². The van der Waals surface area contributed by atoms with Gasteiger partial charge in [-0.3, -0.25) is 14.6 Å². The van der Waals surface area contributed by atoms with Crippen LogP contribution in [0.5, 0.6) is 0 Å². The Bertz CT molecular complexity index is 1100. The van der Waals surface area contributed by atoms with Crippen LogP contribution in [0.1, 0.15) is 36.5 Å². The van der Waals surface area contributed by atoms with E-state index in [4.69, 9.17) is 0 Å². The topological polar surface area (TPSA) is 65.9 Å². The van der Waals surface area contributed by atoms with Crippen LogP contribution in [0.3, 0.4) is 0 Å². The number of aryl methyl sites for hydroxylation is 1. The smallest absolute Gasteiger partial charge is 0.270 e. The maximum absolute atomic E-state index is 13.6. The van der Waals surface area contributed by atoms with Crippen molar-refractivity contribution in [1.82, 2.24) is 9.88 Å². The van der Waals surface area contributed by atoms with Crippen LogP contribution in [0.4, 0.5) is 5.69 Å². The fourth-order valence-corrected chi connectivity index (χ4v) is 3.67. The molecule has 32 heavy (non-hydrogen) atoms. The van der Waals surface area contributed by atoms with Crippen LogP contribution < -0.4 is 5.01 Å². The second kappa shape index (κ2) is 10.0. The lowest BCUT2D eigenvalue weighted by Crippen LogP contribution is -2.41. The van der Waals surface area contributed by atoms with E-state index in [1.165, 1.54) is 10.6 Å². The van der Waals surface area contributed by atoms with E-state index < -0.39 is 0 Å². The van der Waals surface area contributed by atoms with Crippen LogP contribution in [0.25, 0.3) is 0 Å². The zero-order valence-corrected chi connectivity index (χ0v) is 18.1. The summed E-state index contributed by atoms with van der Waals surface area (Å²) in [5, 5.41) is 5.80. The molecule has 1 aliphatic heterocycles. The van der Waals surface area contributed by atoms with Gasteiger partial charge >= 0.3 is 0 Å². The second-order valence-corrected chi connectivity index (χ2v) is 7.78. The summed E-state index contributed by atoms with van der Waals surface area (Å²) in [6, 6.07) is 21.3. The Balaban J connectivity index is 1.61. The van der Waals surface area contributed by atoms with Gasteiger partial charge in [-0.2, -0.15) is 5.10 Å². The Labute approximate surface area is 188 Å². The number of amides is 2. The molecule has 6 heteroatoms. The van der Waals surface area contributed by atoms with E-state index in [1.807, 2.05) is 42.5 Å². The predicted molar refractivity (Wildman–Crippen MR) is 125 cm³/mol. The standard InChI is InChI=1S/C26H26N4O2/c1-2-20-10-12-21(13-11-20)18-29(19-22-7-6-16-27-17-22)26(32)24-14-15-25(31)30(28-24)23-8-4-3-5-9-23/h3-13,16-17H,2,14-15,18-19H2,1H3. The SMILES string of the molecule is CCc1ccc(CN(Cc2cccnc2)C(=O)C2=NN(c3ccccc3)C(=O)CC2)cc1. The van der Waals surface area contributed by atoms with Gasteiger partial charge in [-0.25, -0.2) is 5.01 Å². The van der Waals surface area contributed by atoms with E-state index in [-0.39, 0.29) is 18.2 Å². The van der Waals surface area contributed by atoms with Crippen molar-refractivity contribution in [2.45, 2.75) is 39.3 Å². The minimum Gasteiger partial charge on any atom is -0.329 e. The summed E-state index contributed by atoms with van der Waals surface area (Å²) in [5.74, 6) is -0.274. The zero-order chi connectivity index (χ0) is 22.3. The summed E-state index contributed by atoms with van der Waals surface area (Å²) in [5.41, 5.74) is 4.30. The van der Waals surface area contributed by atoms with Gasteiger partial charge in [0.2, 0.25) is 5.91 Å². The van der Waals surface area contributed by atoms with Crippen LogP contribution in [-0.4, -0.2) is 27.4 Å². The number of pyridine rings is 1. The molecule has 3 aromatic rings. The third-order valence-electron chi connectivity index (χ3n) is 5.47. The van der Waals surface area contributed by atoms with Gasteiger partial charge in [0.1, 0.15) is 5.71 Å². The van der Waals surface area contributed by atoms with Crippen LogP contribution >= 0.6 is 0 Å². The number of anilines is 1. The molecule has 0 spiro atoms. The van der Waals surface area contributed by atoms with Crippen molar-refractivity contribution < 1.29 is 9.59 Å². The van der Waals surface area contributed by atoms with Crippen LogP contribution in [0, 0.1) is 0 Å². The first kappa shape index (κ1) is 21.4. The molecule has 162 valence electrons. The monoisotopic (exact) mass is 426 g/mol. The highest BCUT2D eigenvalue weighted by Gasteiger charge is 2.28. The fourth-order valence-electron chi connectivity index (χ4n) is 3.67. The van der Waals surface area contributed by atoms with Gasteiger partial charge in [-0.15, -0.1) is 0 Å². The number of hydrogen-bond donors (Lipinski definition) is 0. The number of hydrazone groups is 1. The number of carbonyl (C=O) groups excluding carboxylic acids is 2.